The van der Waals surface area contributed by atoms with Gasteiger partial charge in [-0.05, 0) is 67.5 Å². The monoisotopic (exact) mass is 537 g/mol. The molecule has 8 nitrogen and oxygen atoms in total. The number of piperidine rings is 1. The zero-order valence-electron chi connectivity index (χ0n) is 21.4. The van der Waals surface area contributed by atoms with Crippen molar-refractivity contribution in [3.8, 4) is 16.8 Å². The Kier molecular flexibility index (Phi) is 6.76. The zero-order chi connectivity index (χ0) is 27.0. The number of rotatable bonds is 7. The van der Waals surface area contributed by atoms with Crippen LogP contribution in [0, 0.1) is 5.92 Å². The van der Waals surface area contributed by atoms with Gasteiger partial charge in [-0.1, -0.05) is 12.1 Å². The number of carbonyl (C=O) groups excluding carboxylic acids is 1. The predicted molar refractivity (Wildman–Crippen MR) is 143 cm³/mol. The van der Waals surface area contributed by atoms with Crippen LogP contribution in [-0.4, -0.2) is 62.6 Å². The largest absolute Gasteiger partial charge is 0.405 e. The summed E-state index contributed by atoms with van der Waals surface area (Å²) in [5, 5.41) is 8.93. The van der Waals surface area contributed by atoms with Crippen molar-refractivity contribution in [1.29, 1.82) is 0 Å². The summed E-state index contributed by atoms with van der Waals surface area (Å²) >= 11 is 0. The third-order valence-electron chi connectivity index (χ3n) is 7.46. The average Bonchev–Trinajstić information content (AvgIpc) is 3.42. The molecule has 2 aromatic carbocycles. The van der Waals surface area contributed by atoms with Gasteiger partial charge in [-0.2, -0.15) is 18.3 Å². The van der Waals surface area contributed by atoms with Crippen LogP contribution in [0.5, 0.6) is 0 Å². The molecular formula is C28H30F3N7O. The van der Waals surface area contributed by atoms with E-state index >= 15 is 0 Å². The van der Waals surface area contributed by atoms with Crippen LogP contribution in [0.25, 0.3) is 27.8 Å². The molecule has 0 radical (unpaired) electrons. The quantitative estimate of drug-likeness (QED) is 0.321. The second-order valence-electron chi connectivity index (χ2n) is 10.5. The standard InChI is InChI=1S/C28H30F3N7O/c29-28(30,31)17-32-27(39)35-22-2-1-3-24(13-22)37-18-33-25-12-20(6-7-26(25)37)21-14-34-38(16-21)23-8-10-36(11-9-23)15-19-4-5-19/h1-3,6-7,12-14,16,18-19,23H,4-5,8-11,15,17H2,(H2,32,35,39). The first-order valence-corrected chi connectivity index (χ1v) is 13.3. The molecule has 2 aromatic heterocycles. The summed E-state index contributed by atoms with van der Waals surface area (Å²) in [5.74, 6) is 0.926. The summed E-state index contributed by atoms with van der Waals surface area (Å²) in [6.45, 7) is 2.12. The molecule has 11 heteroatoms. The molecule has 1 aliphatic carbocycles. The fourth-order valence-electron chi connectivity index (χ4n) is 5.21. The maximum absolute atomic E-state index is 12.4. The minimum absolute atomic E-state index is 0.372. The van der Waals surface area contributed by atoms with Crippen molar-refractivity contribution in [2.75, 3.05) is 31.5 Å². The van der Waals surface area contributed by atoms with E-state index in [1.807, 2.05) is 35.0 Å². The number of alkyl halides is 3. The maximum Gasteiger partial charge on any atom is 0.405 e. The Morgan fingerprint density at radius 3 is 2.62 bits per heavy atom. The Bertz CT molecular complexity index is 1470. The fraction of sp³-hybridized carbons (Fsp3) is 0.393. The second-order valence-corrected chi connectivity index (χ2v) is 10.5. The Morgan fingerprint density at radius 1 is 1.03 bits per heavy atom. The van der Waals surface area contributed by atoms with E-state index in [1.54, 1.807) is 29.8 Å². The van der Waals surface area contributed by atoms with Gasteiger partial charge < -0.3 is 15.5 Å². The molecule has 4 aromatic rings. The molecule has 0 unspecified atom stereocenters. The van der Waals surface area contributed by atoms with Crippen LogP contribution in [-0.2, 0) is 0 Å². The van der Waals surface area contributed by atoms with Gasteiger partial charge in [-0.3, -0.25) is 9.25 Å². The molecule has 1 saturated carbocycles. The van der Waals surface area contributed by atoms with Gasteiger partial charge in [0.1, 0.15) is 12.9 Å². The smallest absolute Gasteiger partial charge is 0.329 e. The normalized spacial score (nSPS) is 17.0. The number of aromatic nitrogens is 4. The van der Waals surface area contributed by atoms with Crippen LogP contribution in [0.2, 0.25) is 0 Å². The van der Waals surface area contributed by atoms with Crippen molar-refractivity contribution in [2.45, 2.75) is 37.9 Å². The van der Waals surface area contributed by atoms with Gasteiger partial charge in [-0.15, -0.1) is 0 Å². The van der Waals surface area contributed by atoms with Gasteiger partial charge >= 0.3 is 12.2 Å². The fourth-order valence-corrected chi connectivity index (χ4v) is 5.21. The topological polar surface area (TPSA) is 80.0 Å². The predicted octanol–water partition coefficient (Wildman–Crippen LogP) is 5.62. The number of carbonyl (C=O) groups is 1. The number of imidazole rings is 1. The van der Waals surface area contributed by atoms with Crippen molar-refractivity contribution < 1.29 is 18.0 Å². The lowest BCUT2D eigenvalue weighted by Crippen LogP contribution is -2.36. The lowest BCUT2D eigenvalue weighted by atomic mass is 10.0. The van der Waals surface area contributed by atoms with Crippen molar-refractivity contribution in [3.63, 3.8) is 0 Å². The highest BCUT2D eigenvalue weighted by atomic mass is 19.4. The van der Waals surface area contributed by atoms with E-state index < -0.39 is 18.8 Å². The van der Waals surface area contributed by atoms with Gasteiger partial charge in [-0.25, -0.2) is 9.78 Å². The van der Waals surface area contributed by atoms with Crippen molar-refractivity contribution in [3.05, 3.63) is 61.2 Å². The molecule has 0 spiro atoms. The highest BCUT2D eigenvalue weighted by molar-refractivity contribution is 5.90. The highest BCUT2D eigenvalue weighted by Gasteiger charge is 2.28. The first kappa shape index (κ1) is 25.4. The van der Waals surface area contributed by atoms with Gasteiger partial charge in [0.25, 0.3) is 0 Å². The number of benzene rings is 2. The molecule has 39 heavy (non-hydrogen) atoms. The van der Waals surface area contributed by atoms with Crippen LogP contribution in [0.1, 0.15) is 31.7 Å². The third-order valence-corrected chi connectivity index (χ3v) is 7.46. The summed E-state index contributed by atoms with van der Waals surface area (Å²) in [6, 6.07) is 12.4. The SMILES string of the molecule is O=C(NCC(F)(F)F)Nc1cccc(-n2cnc3cc(-c4cnn(C5CCN(CC6CC6)CC5)c4)ccc32)c1. The second kappa shape index (κ2) is 10.4. The summed E-state index contributed by atoms with van der Waals surface area (Å²) in [4.78, 5) is 19.0. The number of fused-ring (bicyclic) bond motifs is 1. The number of hydrogen-bond acceptors (Lipinski definition) is 4. The highest BCUT2D eigenvalue weighted by Crippen LogP contribution is 2.32. The van der Waals surface area contributed by atoms with E-state index in [4.69, 9.17) is 0 Å². The number of likely N-dealkylation sites (tertiary alicyclic amines) is 1. The summed E-state index contributed by atoms with van der Waals surface area (Å²) in [6.07, 6.45) is 6.27. The van der Waals surface area contributed by atoms with Gasteiger partial charge in [0.2, 0.25) is 0 Å². The first-order chi connectivity index (χ1) is 18.8. The summed E-state index contributed by atoms with van der Waals surface area (Å²) < 4.78 is 41.1. The van der Waals surface area contributed by atoms with E-state index in [0.29, 0.717) is 11.7 Å². The van der Waals surface area contributed by atoms with Crippen molar-refractivity contribution in [2.24, 2.45) is 5.92 Å². The Labute approximate surface area is 223 Å². The molecule has 204 valence electrons. The Hall–Kier alpha value is -3.86. The molecule has 3 heterocycles. The van der Waals surface area contributed by atoms with E-state index in [-0.39, 0.29) is 0 Å². The molecule has 0 atom stereocenters. The van der Waals surface area contributed by atoms with Crippen LogP contribution < -0.4 is 10.6 Å². The Balaban J connectivity index is 1.14. The molecule has 0 bridgehead atoms. The molecule has 2 aliphatic rings. The number of amides is 2. The van der Waals surface area contributed by atoms with Gasteiger partial charge in [0.05, 0.1) is 23.3 Å². The van der Waals surface area contributed by atoms with Crippen LogP contribution in [0.3, 0.4) is 0 Å². The molecule has 1 aliphatic heterocycles. The number of hydrogen-bond donors (Lipinski definition) is 2. The molecule has 6 rings (SSSR count). The van der Waals surface area contributed by atoms with E-state index in [0.717, 1.165) is 59.7 Å². The Morgan fingerprint density at radius 2 is 1.85 bits per heavy atom. The molecule has 1 saturated heterocycles. The lowest BCUT2D eigenvalue weighted by molar-refractivity contribution is -0.122. The zero-order valence-corrected chi connectivity index (χ0v) is 21.4. The van der Waals surface area contributed by atoms with E-state index in [2.05, 4.69) is 31.2 Å². The number of nitrogens with zero attached hydrogens (tertiary/aromatic N) is 5. The van der Waals surface area contributed by atoms with Gasteiger partial charge in [0.15, 0.2) is 0 Å². The average molecular weight is 538 g/mol. The van der Waals surface area contributed by atoms with Crippen molar-refractivity contribution in [1.82, 2.24) is 29.5 Å². The third kappa shape index (κ3) is 6.08. The molecule has 2 fully saturated rings. The van der Waals surface area contributed by atoms with E-state index in [1.165, 1.54) is 19.4 Å². The molecular weight excluding hydrogens is 507 g/mol. The minimum atomic E-state index is -4.47. The first-order valence-electron chi connectivity index (χ1n) is 13.3. The van der Waals surface area contributed by atoms with Crippen molar-refractivity contribution >= 4 is 22.8 Å². The van der Waals surface area contributed by atoms with Crippen LogP contribution in [0.4, 0.5) is 23.7 Å². The lowest BCUT2D eigenvalue weighted by Gasteiger charge is -2.32. The maximum atomic E-state index is 12.4. The number of halogens is 3. The number of nitrogens with one attached hydrogen (secondary N) is 2. The molecule has 2 amide bonds. The summed E-state index contributed by atoms with van der Waals surface area (Å²) in [5.41, 5.74) is 4.84. The number of anilines is 1. The minimum Gasteiger partial charge on any atom is -0.329 e. The molecule has 2 N–H and O–H groups in total. The van der Waals surface area contributed by atoms with E-state index in [9.17, 15) is 18.0 Å². The van der Waals surface area contributed by atoms with Crippen LogP contribution >= 0.6 is 0 Å². The number of urea groups is 1. The van der Waals surface area contributed by atoms with Gasteiger partial charge in [0, 0.05) is 42.8 Å². The summed E-state index contributed by atoms with van der Waals surface area (Å²) in [7, 11) is 0. The van der Waals surface area contributed by atoms with Crippen LogP contribution in [0.15, 0.2) is 61.2 Å².